The molecule has 0 fully saturated rings. The quantitative estimate of drug-likeness (QED) is 0.705. The Labute approximate surface area is 154 Å². The second-order valence-electron chi connectivity index (χ2n) is 6.06. The standard InChI is InChI=1S/C18H18BrN5O/c1-22-9-2-4-16(22)15-12-17-23(10-3-11-24(17)21-15)18(25)20-14-7-5-13(19)6-8-14/h2,4-9,12H,3,10-11H2,1H3,(H,20,25). The molecule has 0 saturated heterocycles. The van der Waals surface area contributed by atoms with Crippen molar-refractivity contribution in [1.82, 2.24) is 14.3 Å². The summed E-state index contributed by atoms with van der Waals surface area (Å²) < 4.78 is 4.92. The Morgan fingerprint density at radius 2 is 2.00 bits per heavy atom. The van der Waals surface area contributed by atoms with Gasteiger partial charge in [0.15, 0.2) is 0 Å². The Balaban J connectivity index is 1.60. The number of amides is 2. The summed E-state index contributed by atoms with van der Waals surface area (Å²) in [7, 11) is 1.99. The van der Waals surface area contributed by atoms with Crippen LogP contribution >= 0.6 is 15.9 Å². The van der Waals surface area contributed by atoms with Crippen molar-refractivity contribution in [1.29, 1.82) is 0 Å². The van der Waals surface area contributed by atoms with E-state index in [0.717, 1.165) is 40.3 Å². The summed E-state index contributed by atoms with van der Waals surface area (Å²) >= 11 is 3.40. The van der Waals surface area contributed by atoms with Gasteiger partial charge in [-0.05, 0) is 42.8 Å². The second kappa shape index (κ2) is 6.40. The van der Waals surface area contributed by atoms with Gasteiger partial charge in [-0.3, -0.25) is 4.90 Å². The van der Waals surface area contributed by atoms with Gasteiger partial charge in [-0.1, -0.05) is 15.9 Å². The maximum absolute atomic E-state index is 12.7. The van der Waals surface area contributed by atoms with Crippen molar-refractivity contribution in [3.05, 3.63) is 53.1 Å². The van der Waals surface area contributed by atoms with Crippen molar-refractivity contribution in [2.24, 2.45) is 7.05 Å². The first kappa shape index (κ1) is 16.0. The van der Waals surface area contributed by atoms with Gasteiger partial charge in [0.1, 0.15) is 11.5 Å². The van der Waals surface area contributed by atoms with Crippen LogP contribution in [0.1, 0.15) is 6.42 Å². The number of aryl methyl sites for hydroxylation is 2. The summed E-state index contributed by atoms with van der Waals surface area (Å²) in [5.74, 6) is 0.831. The zero-order valence-electron chi connectivity index (χ0n) is 13.8. The fourth-order valence-corrected chi connectivity index (χ4v) is 3.33. The van der Waals surface area contributed by atoms with Crippen LogP contribution in [0.15, 0.2) is 53.1 Å². The molecular formula is C18H18BrN5O. The van der Waals surface area contributed by atoms with Crippen LogP contribution in [0.2, 0.25) is 0 Å². The zero-order chi connectivity index (χ0) is 17.4. The third-order valence-electron chi connectivity index (χ3n) is 4.33. The molecule has 1 N–H and O–H groups in total. The largest absolute Gasteiger partial charge is 0.349 e. The number of aromatic nitrogens is 3. The number of fused-ring (bicyclic) bond motifs is 1. The van der Waals surface area contributed by atoms with Crippen molar-refractivity contribution in [3.63, 3.8) is 0 Å². The number of urea groups is 1. The predicted molar refractivity (Wildman–Crippen MR) is 102 cm³/mol. The number of halogens is 1. The number of hydrogen-bond donors (Lipinski definition) is 1. The van der Waals surface area contributed by atoms with Gasteiger partial charge in [0.25, 0.3) is 0 Å². The van der Waals surface area contributed by atoms with Crippen LogP contribution in [0.25, 0.3) is 11.4 Å². The minimum atomic E-state index is -0.137. The summed E-state index contributed by atoms with van der Waals surface area (Å²) in [4.78, 5) is 14.5. The van der Waals surface area contributed by atoms with Crippen molar-refractivity contribution in [3.8, 4) is 11.4 Å². The third kappa shape index (κ3) is 3.07. The maximum atomic E-state index is 12.7. The molecular weight excluding hydrogens is 382 g/mol. The first-order chi connectivity index (χ1) is 12.1. The van der Waals surface area contributed by atoms with Crippen molar-refractivity contribution in [2.75, 3.05) is 16.8 Å². The molecule has 1 aromatic carbocycles. The molecule has 0 unspecified atom stereocenters. The molecule has 25 heavy (non-hydrogen) atoms. The molecule has 0 aliphatic carbocycles. The van der Waals surface area contributed by atoms with Crippen molar-refractivity contribution >= 4 is 33.5 Å². The Bertz CT molecular complexity index is 912. The predicted octanol–water partition coefficient (Wildman–Crippen LogP) is 4.09. The molecule has 0 saturated carbocycles. The topological polar surface area (TPSA) is 55.1 Å². The zero-order valence-corrected chi connectivity index (χ0v) is 15.4. The Morgan fingerprint density at radius 1 is 1.20 bits per heavy atom. The highest BCUT2D eigenvalue weighted by atomic mass is 79.9. The second-order valence-corrected chi connectivity index (χ2v) is 6.97. The number of nitrogens with one attached hydrogen (secondary N) is 1. The average molecular weight is 400 g/mol. The molecule has 128 valence electrons. The van der Waals surface area contributed by atoms with Crippen LogP contribution in [0.5, 0.6) is 0 Å². The Hall–Kier alpha value is -2.54. The number of anilines is 2. The summed E-state index contributed by atoms with van der Waals surface area (Å²) in [6, 6.07) is 13.4. The van der Waals surface area contributed by atoms with Gasteiger partial charge in [0.2, 0.25) is 0 Å². The van der Waals surface area contributed by atoms with Gasteiger partial charge >= 0.3 is 6.03 Å². The molecule has 2 amide bonds. The SMILES string of the molecule is Cn1cccc1-c1cc2n(n1)CCCN2C(=O)Nc1ccc(Br)cc1. The highest BCUT2D eigenvalue weighted by molar-refractivity contribution is 9.10. The molecule has 0 spiro atoms. The van der Waals surface area contributed by atoms with Crippen LogP contribution in [-0.2, 0) is 13.6 Å². The summed E-state index contributed by atoms with van der Waals surface area (Å²) in [5, 5.41) is 7.63. The van der Waals surface area contributed by atoms with E-state index >= 15 is 0 Å². The average Bonchev–Trinajstić information content (AvgIpc) is 3.22. The lowest BCUT2D eigenvalue weighted by molar-refractivity contribution is 0.255. The monoisotopic (exact) mass is 399 g/mol. The van der Waals surface area contributed by atoms with E-state index in [1.165, 1.54) is 0 Å². The number of nitrogens with zero attached hydrogens (tertiary/aromatic N) is 4. The molecule has 1 aliphatic rings. The normalized spacial score (nSPS) is 13.6. The fourth-order valence-electron chi connectivity index (χ4n) is 3.06. The van der Waals surface area contributed by atoms with Crippen LogP contribution in [0.4, 0.5) is 16.3 Å². The van der Waals surface area contributed by atoms with E-state index in [1.54, 1.807) is 4.90 Å². The third-order valence-corrected chi connectivity index (χ3v) is 4.86. The van der Waals surface area contributed by atoms with E-state index in [4.69, 9.17) is 0 Å². The summed E-state index contributed by atoms with van der Waals surface area (Å²) in [5.41, 5.74) is 2.69. The lowest BCUT2D eigenvalue weighted by Gasteiger charge is -2.27. The van der Waals surface area contributed by atoms with Crippen molar-refractivity contribution < 1.29 is 4.79 Å². The van der Waals surface area contributed by atoms with E-state index < -0.39 is 0 Å². The van der Waals surface area contributed by atoms with Crippen LogP contribution in [-0.4, -0.2) is 26.9 Å². The van der Waals surface area contributed by atoms with Crippen molar-refractivity contribution in [2.45, 2.75) is 13.0 Å². The van der Waals surface area contributed by atoms with Gasteiger partial charge in [0, 0.05) is 42.6 Å². The van der Waals surface area contributed by atoms with Crippen LogP contribution in [0, 0.1) is 0 Å². The molecule has 3 aromatic rings. The van der Waals surface area contributed by atoms with E-state index in [2.05, 4.69) is 26.3 Å². The minimum Gasteiger partial charge on any atom is -0.349 e. The Morgan fingerprint density at radius 3 is 2.72 bits per heavy atom. The summed E-state index contributed by atoms with van der Waals surface area (Å²) in [6.07, 6.45) is 2.88. The van der Waals surface area contributed by atoms with E-state index in [1.807, 2.05) is 65.0 Å². The highest BCUT2D eigenvalue weighted by Crippen LogP contribution is 2.28. The van der Waals surface area contributed by atoms with E-state index in [0.29, 0.717) is 6.54 Å². The minimum absolute atomic E-state index is 0.137. The van der Waals surface area contributed by atoms with Crippen LogP contribution in [0.3, 0.4) is 0 Å². The van der Waals surface area contributed by atoms with Gasteiger partial charge < -0.3 is 9.88 Å². The fraction of sp³-hybridized carbons (Fsp3) is 0.222. The van der Waals surface area contributed by atoms with Gasteiger partial charge in [0.05, 0.1) is 5.69 Å². The highest BCUT2D eigenvalue weighted by Gasteiger charge is 2.25. The molecule has 0 bridgehead atoms. The van der Waals surface area contributed by atoms with E-state index in [9.17, 15) is 4.79 Å². The molecule has 7 heteroatoms. The molecule has 1 aliphatic heterocycles. The molecule has 4 rings (SSSR count). The molecule has 2 aromatic heterocycles. The first-order valence-corrected chi connectivity index (χ1v) is 8.95. The molecule has 0 atom stereocenters. The summed E-state index contributed by atoms with van der Waals surface area (Å²) in [6.45, 7) is 1.50. The number of benzene rings is 1. The van der Waals surface area contributed by atoms with Gasteiger partial charge in [-0.2, -0.15) is 5.10 Å². The van der Waals surface area contributed by atoms with Gasteiger partial charge in [-0.15, -0.1) is 0 Å². The number of hydrogen-bond acceptors (Lipinski definition) is 2. The van der Waals surface area contributed by atoms with E-state index in [-0.39, 0.29) is 6.03 Å². The lowest BCUT2D eigenvalue weighted by atomic mass is 10.2. The Kier molecular flexibility index (Phi) is 4.09. The first-order valence-electron chi connectivity index (χ1n) is 8.15. The lowest BCUT2D eigenvalue weighted by Crippen LogP contribution is -2.40. The maximum Gasteiger partial charge on any atom is 0.327 e. The number of carbonyl (C=O) groups is 1. The smallest absolute Gasteiger partial charge is 0.327 e. The van der Waals surface area contributed by atoms with Gasteiger partial charge in [-0.25, -0.2) is 9.48 Å². The number of rotatable bonds is 2. The molecule has 3 heterocycles. The number of carbonyl (C=O) groups excluding carboxylic acids is 1. The molecule has 0 radical (unpaired) electrons. The molecule has 6 nitrogen and oxygen atoms in total. The van der Waals surface area contributed by atoms with Crippen LogP contribution < -0.4 is 10.2 Å².